The molecular weight excluding hydrogens is 300 g/mol. The van der Waals surface area contributed by atoms with Crippen LogP contribution in [-0.2, 0) is 0 Å². The van der Waals surface area contributed by atoms with Gasteiger partial charge < -0.3 is 5.32 Å². The van der Waals surface area contributed by atoms with Gasteiger partial charge in [-0.3, -0.25) is 4.98 Å². The van der Waals surface area contributed by atoms with E-state index in [9.17, 15) is 0 Å². The zero-order valence-corrected chi connectivity index (χ0v) is 13.2. The first-order valence-electron chi connectivity index (χ1n) is 7.31. The van der Waals surface area contributed by atoms with Crippen LogP contribution in [0.2, 0.25) is 0 Å². The third-order valence-corrected chi connectivity index (χ3v) is 4.22. The lowest BCUT2D eigenvalue weighted by Gasteiger charge is -2.25. The number of nitrogens with one attached hydrogen (secondary N) is 1. The van der Waals surface area contributed by atoms with E-state index >= 15 is 0 Å². The van der Waals surface area contributed by atoms with Gasteiger partial charge in [-0.2, -0.15) is 0 Å². The minimum absolute atomic E-state index is 0.756. The molecule has 104 valence electrons. The van der Waals surface area contributed by atoms with E-state index in [2.05, 4.69) is 45.3 Å². The molecule has 0 saturated heterocycles. The van der Waals surface area contributed by atoms with E-state index in [1.807, 2.05) is 12.4 Å². The van der Waals surface area contributed by atoms with E-state index in [0.717, 1.165) is 23.5 Å². The normalized spacial score (nSPS) is 17.7. The summed E-state index contributed by atoms with van der Waals surface area (Å²) in [6, 6.07) is 2.14. The Labute approximate surface area is 124 Å². The van der Waals surface area contributed by atoms with Crippen molar-refractivity contribution in [3.63, 3.8) is 0 Å². The van der Waals surface area contributed by atoms with Crippen molar-refractivity contribution in [1.82, 2.24) is 10.3 Å². The molecule has 0 atom stereocenters. The lowest BCUT2D eigenvalue weighted by Crippen LogP contribution is -2.22. The molecule has 1 aromatic rings. The molecule has 1 aromatic heterocycles. The van der Waals surface area contributed by atoms with Crippen molar-refractivity contribution in [1.29, 1.82) is 0 Å². The standard InChI is InChI=1S/C16H23BrN2/c1-2-18-11-15(14-6-4-3-5-7-14)8-13-9-16(17)12-19-10-13/h8-10,12,14,18H,2-7,11H2,1H3/b15-8-. The molecule has 1 aliphatic rings. The highest BCUT2D eigenvalue weighted by atomic mass is 79.9. The molecular formula is C16H23BrN2. The van der Waals surface area contributed by atoms with Gasteiger partial charge in [0.15, 0.2) is 0 Å². The summed E-state index contributed by atoms with van der Waals surface area (Å²) >= 11 is 3.49. The molecule has 1 saturated carbocycles. The molecule has 2 nitrogen and oxygen atoms in total. The quantitative estimate of drug-likeness (QED) is 0.868. The lowest BCUT2D eigenvalue weighted by molar-refractivity contribution is 0.397. The molecule has 1 heterocycles. The number of aromatic nitrogens is 1. The van der Waals surface area contributed by atoms with E-state index in [4.69, 9.17) is 0 Å². The van der Waals surface area contributed by atoms with E-state index in [1.165, 1.54) is 37.7 Å². The van der Waals surface area contributed by atoms with Crippen LogP contribution in [0, 0.1) is 5.92 Å². The number of likely N-dealkylation sites (N-methyl/N-ethyl adjacent to an activating group) is 1. The van der Waals surface area contributed by atoms with Crippen molar-refractivity contribution in [3.05, 3.63) is 34.1 Å². The van der Waals surface area contributed by atoms with Gasteiger partial charge in [-0.15, -0.1) is 0 Å². The largest absolute Gasteiger partial charge is 0.313 e. The Morgan fingerprint density at radius 3 is 2.84 bits per heavy atom. The van der Waals surface area contributed by atoms with Gasteiger partial charge in [0.05, 0.1) is 0 Å². The fourth-order valence-corrected chi connectivity index (χ4v) is 3.16. The Bertz CT molecular complexity index is 423. The van der Waals surface area contributed by atoms with Crippen molar-refractivity contribution >= 4 is 22.0 Å². The maximum Gasteiger partial charge on any atom is 0.0410 e. The van der Waals surface area contributed by atoms with Crippen LogP contribution in [-0.4, -0.2) is 18.1 Å². The minimum atomic E-state index is 0.756. The fourth-order valence-electron chi connectivity index (χ4n) is 2.78. The van der Waals surface area contributed by atoms with E-state index < -0.39 is 0 Å². The molecule has 0 aromatic carbocycles. The SMILES string of the molecule is CCNC/C(=C/c1cncc(Br)c1)C1CCCCC1. The molecule has 1 N–H and O–H groups in total. The summed E-state index contributed by atoms with van der Waals surface area (Å²) in [4.78, 5) is 4.25. The van der Waals surface area contributed by atoms with Crippen LogP contribution in [0.25, 0.3) is 6.08 Å². The Morgan fingerprint density at radius 2 is 2.16 bits per heavy atom. The Morgan fingerprint density at radius 1 is 1.37 bits per heavy atom. The predicted molar refractivity (Wildman–Crippen MR) is 85.0 cm³/mol. The fraction of sp³-hybridized carbons (Fsp3) is 0.562. The molecule has 0 radical (unpaired) electrons. The molecule has 0 amide bonds. The van der Waals surface area contributed by atoms with Gasteiger partial charge in [-0.05, 0) is 52.9 Å². The molecule has 0 bridgehead atoms. The molecule has 1 fully saturated rings. The number of nitrogens with zero attached hydrogens (tertiary/aromatic N) is 1. The van der Waals surface area contributed by atoms with Gasteiger partial charge in [0.1, 0.15) is 0 Å². The molecule has 19 heavy (non-hydrogen) atoms. The first-order chi connectivity index (χ1) is 9.29. The van der Waals surface area contributed by atoms with Crippen molar-refractivity contribution in [2.75, 3.05) is 13.1 Å². The minimum Gasteiger partial charge on any atom is -0.313 e. The highest BCUT2D eigenvalue weighted by Crippen LogP contribution is 2.30. The third-order valence-electron chi connectivity index (χ3n) is 3.79. The first kappa shape index (κ1) is 14.7. The van der Waals surface area contributed by atoms with E-state index in [0.29, 0.717) is 0 Å². The number of halogens is 1. The topological polar surface area (TPSA) is 24.9 Å². The molecule has 0 unspecified atom stereocenters. The van der Waals surface area contributed by atoms with Gasteiger partial charge in [-0.1, -0.05) is 37.8 Å². The van der Waals surface area contributed by atoms with Crippen LogP contribution in [0.15, 0.2) is 28.5 Å². The number of hydrogen-bond donors (Lipinski definition) is 1. The van der Waals surface area contributed by atoms with Crippen molar-refractivity contribution in [2.45, 2.75) is 39.0 Å². The van der Waals surface area contributed by atoms with Crippen molar-refractivity contribution < 1.29 is 0 Å². The monoisotopic (exact) mass is 322 g/mol. The first-order valence-corrected chi connectivity index (χ1v) is 8.10. The second-order valence-corrected chi connectivity index (χ2v) is 6.19. The zero-order chi connectivity index (χ0) is 13.5. The summed E-state index contributed by atoms with van der Waals surface area (Å²) in [5.41, 5.74) is 2.74. The second-order valence-electron chi connectivity index (χ2n) is 5.27. The number of pyridine rings is 1. The highest BCUT2D eigenvalue weighted by molar-refractivity contribution is 9.10. The van der Waals surface area contributed by atoms with E-state index in [-0.39, 0.29) is 0 Å². The van der Waals surface area contributed by atoms with Gasteiger partial charge in [0, 0.05) is 23.4 Å². The smallest absolute Gasteiger partial charge is 0.0410 e. The number of rotatable bonds is 5. The maximum absolute atomic E-state index is 4.25. The summed E-state index contributed by atoms with van der Waals surface area (Å²) in [5, 5.41) is 3.48. The third kappa shape index (κ3) is 4.73. The Kier molecular flexibility index (Phi) is 6.05. The van der Waals surface area contributed by atoms with Crippen molar-refractivity contribution in [2.24, 2.45) is 5.92 Å². The summed E-state index contributed by atoms with van der Waals surface area (Å²) in [7, 11) is 0. The van der Waals surface area contributed by atoms with Crippen LogP contribution in [0.5, 0.6) is 0 Å². The van der Waals surface area contributed by atoms with Gasteiger partial charge in [0.25, 0.3) is 0 Å². The molecule has 3 heteroatoms. The van der Waals surface area contributed by atoms with Crippen LogP contribution >= 0.6 is 15.9 Å². The van der Waals surface area contributed by atoms with Gasteiger partial charge in [-0.25, -0.2) is 0 Å². The molecule has 0 spiro atoms. The van der Waals surface area contributed by atoms with E-state index in [1.54, 1.807) is 5.57 Å². The van der Waals surface area contributed by atoms with Gasteiger partial charge >= 0.3 is 0 Å². The predicted octanol–water partition coefficient (Wildman–Crippen LogP) is 4.42. The number of hydrogen-bond acceptors (Lipinski definition) is 2. The lowest BCUT2D eigenvalue weighted by atomic mass is 9.83. The maximum atomic E-state index is 4.25. The highest BCUT2D eigenvalue weighted by Gasteiger charge is 2.17. The van der Waals surface area contributed by atoms with Crippen LogP contribution < -0.4 is 5.32 Å². The average molecular weight is 323 g/mol. The Hall–Kier alpha value is -0.670. The molecule has 0 aliphatic heterocycles. The summed E-state index contributed by atoms with van der Waals surface area (Å²) in [6.07, 6.45) is 13.0. The summed E-state index contributed by atoms with van der Waals surface area (Å²) in [6.45, 7) is 4.20. The summed E-state index contributed by atoms with van der Waals surface area (Å²) < 4.78 is 1.05. The molecule has 1 aliphatic carbocycles. The Balaban J connectivity index is 2.15. The second kappa shape index (κ2) is 7.81. The average Bonchev–Trinajstić information content (AvgIpc) is 2.44. The van der Waals surface area contributed by atoms with Crippen LogP contribution in [0.4, 0.5) is 0 Å². The van der Waals surface area contributed by atoms with Crippen molar-refractivity contribution in [3.8, 4) is 0 Å². The van der Waals surface area contributed by atoms with Crippen LogP contribution in [0.3, 0.4) is 0 Å². The van der Waals surface area contributed by atoms with Crippen LogP contribution in [0.1, 0.15) is 44.6 Å². The summed E-state index contributed by atoms with van der Waals surface area (Å²) in [5.74, 6) is 0.756. The zero-order valence-electron chi connectivity index (χ0n) is 11.7. The molecule has 2 rings (SSSR count). The van der Waals surface area contributed by atoms with Gasteiger partial charge in [0.2, 0.25) is 0 Å².